The minimum Gasteiger partial charge on any atom is -0.300 e. The number of hydrogen-bond acceptors (Lipinski definition) is 5. The summed E-state index contributed by atoms with van der Waals surface area (Å²) in [5, 5.41) is 2.32. The van der Waals surface area contributed by atoms with E-state index in [-0.39, 0.29) is 5.78 Å². The van der Waals surface area contributed by atoms with Gasteiger partial charge in [0.25, 0.3) is 0 Å². The highest BCUT2D eigenvalue weighted by atomic mass is 32.2. The summed E-state index contributed by atoms with van der Waals surface area (Å²) >= 11 is 3.52. The molecule has 0 saturated carbocycles. The Morgan fingerprint density at radius 2 is 2.35 bits per heavy atom. The highest BCUT2D eigenvalue weighted by Gasteiger charge is 2.23. The number of thioether (sulfide) groups is 1. The Hall–Kier alpha value is -0.940. The smallest absolute Gasteiger partial charge is 0.130 e. The lowest BCUT2D eigenvalue weighted by Crippen LogP contribution is -2.08. The molecular formula is C15H18N2OS2. The molecule has 0 spiro atoms. The van der Waals surface area contributed by atoms with Crippen molar-refractivity contribution in [3.8, 4) is 0 Å². The van der Waals surface area contributed by atoms with Crippen LogP contribution in [0.15, 0.2) is 11.4 Å². The summed E-state index contributed by atoms with van der Waals surface area (Å²) in [4.78, 5) is 22.6. The second kappa shape index (κ2) is 5.82. The standard InChI is InChI=1S/C15H18N2OS2/c1-9-3-4-11-12(7-9)20-15-13(11)14(16-8-17-15)19-6-5-10(2)18/h8-9H,3-7H2,1-2H3. The first-order valence-electron chi connectivity index (χ1n) is 7.02. The van der Waals surface area contributed by atoms with Crippen LogP contribution in [-0.2, 0) is 17.6 Å². The molecule has 1 aliphatic rings. The highest BCUT2D eigenvalue weighted by Crippen LogP contribution is 2.40. The Kier molecular flexibility index (Phi) is 4.08. The molecular weight excluding hydrogens is 288 g/mol. The van der Waals surface area contributed by atoms with Gasteiger partial charge in [-0.25, -0.2) is 9.97 Å². The van der Waals surface area contributed by atoms with Crippen LogP contribution in [0.3, 0.4) is 0 Å². The van der Waals surface area contributed by atoms with Crippen molar-refractivity contribution < 1.29 is 4.79 Å². The molecule has 2 heterocycles. The molecule has 1 atom stereocenters. The fourth-order valence-corrected chi connectivity index (χ4v) is 5.13. The van der Waals surface area contributed by atoms with Crippen LogP contribution in [0.1, 0.15) is 37.1 Å². The summed E-state index contributed by atoms with van der Waals surface area (Å²) in [6.07, 6.45) is 5.84. The van der Waals surface area contributed by atoms with Crippen LogP contribution in [0.25, 0.3) is 10.2 Å². The van der Waals surface area contributed by atoms with E-state index in [1.165, 1.54) is 28.7 Å². The van der Waals surface area contributed by atoms with Crippen molar-refractivity contribution in [1.29, 1.82) is 0 Å². The van der Waals surface area contributed by atoms with Gasteiger partial charge in [-0.05, 0) is 37.7 Å². The number of nitrogens with zero attached hydrogens (tertiary/aromatic N) is 2. The van der Waals surface area contributed by atoms with E-state index in [1.54, 1.807) is 25.0 Å². The van der Waals surface area contributed by atoms with Gasteiger partial charge in [-0.3, -0.25) is 4.79 Å². The van der Waals surface area contributed by atoms with E-state index in [2.05, 4.69) is 16.9 Å². The predicted octanol–water partition coefficient (Wildman–Crippen LogP) is 3.89. The molecule has 1 unspecified atom stereocenters. The van der Waals surface area contributed by atoms with Crippen molar-refractivity contribution in [2.24, 2.45) is 5.92 Å². The van der Waals surface area contributed by atoms with E-state index in [9.17, 15) is 4.79 Å². The number of aryl methyl sites for hydroxylation is 1. The van der Waals surface area contributed by atoms with Crippen LogP contribution >= 0.6 is 23.1 Å². The van der Waals surface area contributed by atoms with Gasteiger partial charge in [0, 0.05) is 22.4 Å². The highest BCUT2D eigenvalue weighted by molar-refractivity contribution is 7.99. The molecule has 0 saturated heterocycles. The Balaban J connectivity index is 1.94. The molecule has 0 amide bonds. The third-order valence-electron chi connectivity index (χ3n) is 3.75. The van der Waals surface area contributed by atoms with E-state index in [4.69, 9.17) is 0 Å². The molecule has 0 aromatic carbocycles. The van der Waals surface area contributed by atoms with Crippen LogP contribution in [0, 0.1) is 5.92 Å². The number of carbonyl (C=O) groups is 1. The van der Waals surface area contributed by atoms with Gasteiger partial charge in [0.15, 0.2) is 0 Å². The monoisotopic (exact) mass is 306 g/mol. The average Bonchev–Trinajstić information content (AvgIpc) is 2.76. The average molecular weight is 306 g/mol. The van der Waals surface area contributed by atoms with Crippen LogP contribution in [-0.4, -0.2) is 21.5 Å². The maximum atomic E-state index is 11.1. The second-order valence-electron chi connectivity index (χ2n) is 5.51. The number of ketones is 1. The van der Waals surface area contributed by atoms with Gasteiger partial charge in [0.1, 0.15) is 22.0 Å². The number of thiophene rings is 1. The summed E-state index contributed by atoms with van der Waals surface area (Å²) in [6, 6.07) is 0. The van der Waals surface area contributed by atoms with E-state index >= 15 is 0 Å². The van der Waals surface area contributed by atoms with E-state index in [0.717, 1.165) is 27.9 Å². The lowest BCUT2D eigenvalue weighted by Gasteiger charge is -2.18. The normalized spacial score (nSPS) is 18.2. The predicted molar refractivity (Wildman–Crippen MR) is 84.6 cm³/mol. The molecule has 2 aromatic rings. The van der Waals surface area contributed by atoms with Gasteiger partial charge >= 0.3 is 0 Å². The largest absolute Gasteiger partial charge is 0.300 e. The van der Waals surface area contributed by atoms with Gasteiger partial charge in [-0.15, -0.1) is 23.1 Å². The minimum absolute atomic E-state index is 0.240. The van der Waals surface area contributed by atoms with Gasteiger partial charge in [0.05, 0.1) is 0 Å². The Morgan fingerprint density at radius 3 is 3.15 bits per heavy atom. The first kappa shape index (κ1) is 14.0. The molecule has 106 valence electrons. The van der Waals surface area contributed by atoms with Crippen LogP contribution < -0.4 is 0 Å². The molecule has 0 N–H and O–H groups in total. The number of carbonyl (C=O) groups excluding carboxylic acids is 1. The number of Topliss-reactive ketones (excluding diaryl/α,β-unsaturated/α-hetero) is 1. The zero-order valence-electron chi connectivity index (χ0n) is 11.8. The molecule has 0 aliphatic heterocycles. The van der Waals surface area contributed by atoms with Crippen LogP contribution in [0.2, 0.25) is 0 Å². The maximum absolute atomic E-state index is 11.1. The number of hydrogen-bond donors (Lipinski definition) is 0. The van der Waals surface area contributed by atoms with Crippen molar-refractivity contribution in [2.45, 2.75) is 44.6 Å². The maximum Gasteiger partial charge on any atom is 0.130 e. The van der Waals surface area contributed by atoms with Crippen LogP contribution in [0.5, 0.6) is 0 Å². The summed E-state index contributed by atoms with van der Waals surface area (Å²) in [5.74, 6) is 1.82. The molecule has 3 nitrogen and oxygen atoms in total. The topological polar surface area (TPSA) is 42.9 Å². The molecule has 0 radical (unpaired) electrons. The molecule has 0 bridgehead atoms. The van der Waals surface area contributed by atoms with Gasteiger partial charge in [-0.1, -0.05) is 6.92 Å². The molecule has 3 rings (SSSR count). The van der Waals surface area contributed by atoms with Crippen molar-refractivity contribution in [2.75, 3.05) is 5.75 Å². The number of aromatic nitrogens is 2. The third kappa shape index (κ3) is 2.74. The van der Waals surface area contributed by atoms with Gasteiger partial charge < -0.3 is 0 Å². The van der Waals surface area contributed by atoms with Crippen molar-refractivity contribution in [3.05, 3.63) is 16.8 Å². The fourth-order valence-electron chi connectivity index (χ4n) is 2.65. The Bertz CT molecular complexity index is 651. The summed E-state index contributed by atoms with van der Waals surface area (Å²) in [5.41, 5.74) is 1.47. The quantitative estimate of drug-likeness (QED) is 0.635. The molecule has 2 aromatic heterocycles. The lowest BCUT2D eigenvalue weighted by molar-refractivity contribution is -0.116. The van der Waals surface area contributed by atoms with Gasteiger partial charge in [-0.2, -0.15) is 0 Å². The van der Waals surface area contributed by atoms with E-state index < -0.39 is 0 Å². The first-order chi connectivity index (χ1) is 9.65. The first-order valence-corrected chi connectivity index (χ1v) is 8.83. The minimum atomic E-state index is 0.240. The van der Waals surface area contributed by atoms with Gasteiger partial charge in [0.2, 0.25) is 0 Å². The zero-order valence-corrected chi connectivity index (χ0v) is 13.4. The Labute approximate surface area is 127 Å². The van der Waals surface area contributed by atoms with Crippen molar-refractivity contribution in [3.63, 3.8) is 0 Å². The zero-order chi connectivity index (χ0) is 14.1. The van der Waals surface area contributed by atoms with E-state index in [1.807, 2.05) is 11.3 Å². The number of rotatable bonds is 4. The van der Waals surface area contributed by atoms with Crippen molar-refractivity contribution in [1.82, 2.24) is 9.97 Å². The van der Waals surface area contributed by atoms with E-state index in [0.29, 0.717) is 6.42 Å². The molecule has 20 heavy (non-hydrogen) atoms. The molecule has 1 aliphatic carbocycles. The third-order valence-corrected chi connectivity index (χ3v) is 5.90. The summed E-state index contributed by atoms with van der Waals surface area (Å²) in [6.45, 7) is 3.96. The second-order valence-corrected chi connectivity index (χ2v) is 7.68. The summed E-state index contributed by atoms with van der Waals surface area (Å²) < 4.78 is 0. The molecule has 5 heteroatoms. The fraction of sp³-hybridized carbons (Fsp3) is 0.533. The summed E-state index contributed by atoms with van der Waals surface area (Å²) in [7, 11) is 0. The van der Waals surface area contributed by atoms with Crippen molar-refractivity contribution >= 4 is 39.1 Å². The SMILES string of the molecule is CC(=O)CCSc1ncnc2sc3c(c12)CCC(C)C3. The number of fused-ring (bicyclic) bond motifs is 3. The lowest BCUT2D eigenvalue weighted by atomic mass is 9.89. The van der Waals surface area contributed by atoms with Crippen LogP contribution in [0.4, 0.5) is 0 Å². The Morgan fingerprint density at radius 1 is 1.50 bits per heavy atom. The molecule has 0 fully saturated rings.